The molecule has 0 atom stereocenters. The van der Waals surface area contributed by atoms with Crippen LogP contribution in [-0.2, 0) is 10.0 Å². The van der Waals surface area contributed by atoms with Gasteiger partial charge in [0.15, 0.2) is 0 Å². The lowest BCUT2D eigenvalue weighted by molar-refractivity contribution is 0.0954. The van der Waals surface area contributed by atoms with E-state index < -0.39 is 10.0 Å². The number of sulfonamides is 1. The molecule has 0 saturated carbocycles. The number of carbonyl (C=O) groups excluding carboxylic acids is 1. The fourth-order valence-corrected chi connectivity index (χ4v) is 1.86. The van der Waals surface area contributed by atoms with Crippen LogP contribution >= 0.6 is 0 Å². The number of anilines is 1. The molecule has 1 amide bonds. The van der Waals surface area contributed by atoms with Gasteiger partial charge in [0.25, 0.3) is 5.91 Å². The lowest BCUT2D eigenvalue weighted by Gasteiger charge is -2.08. The number of nitrogens with one attached hydrogen (secondary N) is 2. The van der Waals surface area contributed by atoms with Gasteiger partial charge in [-0.15, -0.1) is 0 Å². The van der Waals surface area contributed by atoms with Gasteiger partial charge in [-0.05, 0) is 18.2 Å². The second-order valence-corrected chi connectivity index (χ2v) is 5.71. The van der Waals surface area contributed by atoms with E-state index in [1.165, 1.54) is 13.2 Å². The predicted molar refractivity (Wildman–Crippen MR) is 72.6 cm³/mol. The number of hydrogen-bond acceptors (Lipinski definition) is 5. The zero-order valence-electron chi connectivity index (χ0n) is 10.8. The summed E-state index contributed by atoms with van der Waals surface area (Å²) in [5, 5.41) is 2.57. The summed E-state index contributed by atoms with van der Waals surface area (Å²) < 4.78 is 28.9. The molecule has 0 bridgehead atoms. The number of ether oxygens (including phenoxy) is 1. The molecule has 4 N–H and O–H groups in total. The molecular formula is C11H17N3O4S. The van der Waals surface area contributed by atoms with Gasteiger partial charge in [0.05, 0.1) is 19.1 Å². The fraction of sp³-hybridized carbons (Fsp3) is 0.364. The van der Waals surface area contributed by atoms with Crippen LogP contribution in [0.2, 0.25) is 0 Å². The minimum Gasteiger partial charge on any atom is -0.495 e. The van der Waals surface area contributed by atoms with Gasteiger partial charge < -0.3 is 15.8 Å². The number of hydrogen-bond donors (Lipinski definition) is 3. The molecular weight excluding hydrogens is 270 g/mol. The molecule has 0 saturated heterocycles. The first kappa shape index (κ1) is 15.3. The van der Waals surface area contributed by atoms with Crippen molar-refractivity contribution in [2.45, 2.75) is 0 Å². The average molecular weight is 287 g/mol. The van der Waals surface area contributed by atoms with E-state index in [1.807, 2.05) is 0 Å². The van der Waals surface area contributed by atoms with E-state index in [2.05, 4.69) is 10.0 Å². The Morgan fingerprint density at radius 3 is 2.58 bits per heavy atom. The monoisotopic (exact) mass is 287 g/mol. The zero-order valence-corrected chi connectivity index (χ0v) is 11.6. The van der Waals surface area contributed by atoms with Crippen LogP contribution < -0.4 is 20.5 Å². The Morgan fingerprint density at radius 2 is 2.05 bits per heavy atom. The molecule has 1 rings (SSSR count). The number of benzene rings is 1. The number of amides is 1. The molecule has 106 valence electrons. The van der Waals surface area contributed by atoms with Crippen molar-refractivity contribution in [3.8, 4) is 5.75 Å². The van der Waals surface area contributed by atoms with Gasteiger partial charge in [-0.2, -0.15) is 0 Å². The van der Waals surface area contributed by atoms with E-state index in [9.17, 15) is 13.2 Å². The molecule has 0 unspecified atom stereocenters. The highest BCUT2D eigenvalue weighted by atomic mass is 32.2. The minimum atomic E-state index is -3.24. The maximum absolute atomic E-state index is 11.7. The first-order chi connectivity index (χ1) is 8.83. The molecule has 1 aromatic carbocycles. The molecule has 0 aliphatic carbocycles. The van der Waals surface area contributed by atoms with Crippen molar-refractivity contribution in [1.82, 2.24) is 10.0 Å². The number of nitrogen functional groups attached to an aromatic ring is 1. The average Bonchev–Trinajstić information content (AvgIpc) is 2.33. The van der Waals surface area contributed by atoms with Crippen molar-refractivity contribution in [3.63, 3.8) is 0 Å². The lowest BCUT2D eigenvalue weighted by Crippen LogP contribution is -2.34. The third-order valence-electron chi connectivity index (χ3n) is 2.27. The first-order valence-electron chi connectivity index (χ1n) is 5.50. The van der Waals surface area contributed by atoms with Crippen molar-refractivity contribution in [3.05, 3.63) is 23.8 Å². The molecule has 0 radical (unpaired) electrons. The van der Waals surface area contributed by atoms with E-state index in [0.717, 1.165) is 6.26 Å². The Morgan fingerprint density at radius 1 is 1.37 bits per heavy atom. The van der Waals surface area contributed by atoms with E-state index in [4.69, 9.17) is 10.5 Å². The van der Waals surface area contributed by atoms with E-state index >= 15 is 0 Å². The summed E-state index contributed by atoms with van der Waals surface area (Å²) in [5.41, 5.74) is 6.44. The van der Waals surface area contributed by atoms with Crippen LogP contribution in [0.1, 0.15) is 10.4 Å². The largest absolute Gasteiger partial charge is 0.495 e. The summed E-state index contributed by atoms with van der Waals surface area (Å²) >= 11 is 0. The van der Waals surface area contributed by atoms with Crippen molar-refractivity contribution >= 4 is 21.6 Å². The van der Waals surface area contributed by atoms with Crippen LogP contribution in [-0.4, -0.2) is 40.8 Å². The van der Waals surface area contributed by atoms with Gasteiger partial charge >= 0.3 is 0 Å². The summed E-state index contributed by atoms with van der Waals surface area (Å²) in [4.78, 5) is 11.7. The minimum absolute atomic E-state index is 0.135. The third-order valence-corrected chi connectivity index (χ3v) is 3.00. The highest BCUT2D eigenvalue weighted by Gasteiger charge is 2.08. The standard InChI is InChI=1S/C11H17N3O4S/c1-18-10-4-3-8(7-9(10)12)11(15)13-5-6-14-19(2,16)17/h3-4,7,14H,5-6,12H2,1-2H3,(H,13,15). The number of methoxy groups -OCH3 is 1. The topological polar surface area (TPSA) is 111 Å². The molecule has 1 aromatic rings. The second kappa shape index (κ2) is 6.39. The fourth-order valence-electron chi connectivity index (χ4n) is 1.39. The molecule has 0 aliphatic heterocycles. The Balaban J connectivity index is 2.52. The van der Waals surface area contributed by atoms with E-state index in [-0.39, 0.29) is 19.0 Å². The van der Waals surface area contributed by atoms with Crippen molar-refractivity contribution < 1.29 is 17.9 Å². The van der Waals surface area contributed by atoms with Gasteiger partial charge in [0.2, 0.25) is 10.0 Å². The molecule has 0 spiro atoms. The molecule has 19 heavy (non-hydrogen) atoms. The summed E-state index contributed by atoms with van der Waals surface area (Å²) in [6.45, 7) is 0.327. The highest BCUT2D eigenvalue weighted by molar-refractivity contribution is 7.88. The molecule has 7 nitrogen and oxygen atoms in total. The summed E-state index contributed by atoms with van der Waals surface area (Å²) in [7, 11) is -1.75. The third kappa shape index (κ3) is 5.14. The van der Waals surface area contributed by atoms with E-state index in [0.29, 0.717) is 17.0 Å². The molecule has 0 aliphatic rings. The SMILES string of the molecule is COc1ccc(C(=O)NCCNS(C)(=O)=O)cc1N. The molecule has 0 fully saturated rings. The van der Waals surface area contributed by atoms with Crippen LogP contribution in [0.3, 0.4) is 0 Å². The van der Waals surface area contributed by atoms with Crippen LogP contribution in [0.25, 0.3) is 0 Å². The molecule has 0 aromatic heterocycles. The Labute approximate surface area is 112 Å². The number of carbonyl (C=O) groups is 1. The molecule has 0 heterocycles. The Bertz CT molecular complexity index is 557. The van der Waals surface area contributed by atoms with Gasteiger partial charge in [-0.3, -0.25) is 4.79 Å². The van der Waals surface area contributed by atoms with Gasteiger partial charge in [0.1, 0.15) is 5.75 Å². The summed E-state index contributed by atoms with van der Waals surface area (Å²) in [6, 6.07) is 4.67. The zero-order chi connectivity index (χ0) is 14.5. The van der Waals surface area contributed by atoms with Crippen molar-refractivity contribution in [1.29, 1.82) is 0 Å². The maximum Gasteiger partial charge on any atom is 0.251 e. The van der Waals surface area contributed by atoms with Crippen molar-refractivity contribution in [2.75, 3.05) is 32.2 Å². The van der Waals surface area contributed by atoms with Crippen LogP contribution in [0.15, 0.2) is 18.2 Å². The summed E-state index contributed by atoms with van der Waals surface area (Å²) in [6.07, 6.45) is 1.05. The van der Waals surface area contributed by atoms with Crippen LogP contribution in [0.5, 0.6) is 5.75 Å². The number of nitrogens with two attached hydrogens (primary N) is 1. The van der Waals surface area contributed by atoms with Gasteiger partial charge in [-0.25, -0.2) is 13.1 Å². The lowest BCUT2D eigenvalue weighted by atomic mass is 10.2. The van der Waals surface area contributed by atoms with E-state index in [1.54, 1.807) is 12.1 Å². The quantitative estimate of drug-likeness (QED) is 0.485. The summed E-state index contributed by atoms with van der Waals surface area (Å²) in [5.74, 6) is 0.167. The first-order valence-corrected chi connectivity index (χ1v) is 7.39. The van der Waals surface area contributed by atoms with Crippen LogP contribution in [0.4, 0.5) is 5.69 Å². The normalized spacial score (nSPS) is 11.1. The van der Waals surface area contributed by atoms with Crippen molar-refractivity contribution in [2.24, 2.45) is 0 Å². The Kier molecular flexibility index (Phi) is 5.13. The predicted octanol–water partition coefficient (Wildman–Crippen LogP) is -0.444. The Hall–Kier alpha value is -1.80. The second-order valence-electron chi connectivity index (χ2n) is 3.88. The molecule has 8 heteroatoms. The van der Waals surface area contributed by atoms with Crippen LogP contribution in [0, 0.1) is 0 Å². The maximum atomic E-state index is 11.7. The van der Waals surface area contributed by atoms with Gasteiger partial charge in [-0.1, -0.05) is 0 Å². The smallest absolute Gasteiger partial charge is 0.251 e. The van der Waals surface area contributed by atoms with Gasteiger partial charge in [0, 0.05) is 18.7 Å². The highest BCUT2D eigenvalue weighted by Crippen LogP contribution is 2.21. The number of rotatable bonds is 6.